The largest absolute Gasteiger partial charge is 0.328 e. The molecule has 0 aliphatic heterocycles. The molecule has 2 atom stereocenters. The molecule has 100 valence electrons. The van der Waals surface area contributed by atoms with Gasteiger partial charge in [-0.05, 0) is 31.4 Å². The molecule has 3 nitrogen and oxygen atoms in total. The minimum absolute atomic E-state index is 0. The van der Waals surface area contributed by atoms with Crippen molar-refractivity contribution in [2.24, 2.45) is 11.7 Å². The van der Waals surface area contributed by atoms with E-state index in [9.17, 15) is 4.79 Å². The van der Waals surface area contributed by atoms with E-state index in [4.69, 9.17) is 17.3 Å². The number of anilines is 1. The monoisotopic (exact) mass is 288 g/mol. The molecule has 1 saturated carbocycles. The van der Waals surface area contributed by atoms with Crippen LogP contribution < -0.4 is 11.1 Å². The number of nitrogens with one attached hydrogen (secondary N) is 1. The van der Waals surface area contributed by atoms with Crippen LogP contribution in [0.25, 0.3) is 0 Å². The average Bonchev–Trinajstić information content (AvgIpc) is 2.32. The van der Waals surface area contributed by atoms with Crippen molar-refractivity contribution in [2.75, 3.05) is 5.32 Å². The molecule has 1 amide bonds. The lowest BCUT2D eigenvalue weighted by Gasteiger charge is -2.25. The van der Waals surface area contributed by atoms with Crippen molar-refractivity contribution in [1.29, 1.82) is 0 Å². The van der Waals surface area contributed by atoms with E-state index >= 15 is 0 Å². The Hall–Kier alpha value is -0.770. The summed E-state index contributed by atoms with van der Waals surface area (Å²) in [5.74, 6) is 0.0586. The second kappa shape index (κ2) is 6.98. The third kappa shape index (κ3) is 3.87. The lowest BCUT2D eigenvalue weighted by atomic mass is 9.85. The Morgan fingerprint density at radius 1 is 1.33 bits per heavy atom. The average molecular weight is 289 g/mol. The molecule has 3 N–H and O–H groups in total. The van der Waals surface area contributed by atoms with Crippen LogP contribution in [-0.4, -0.2) is 11.9 Å². The zero-order valence-corrected chi connectivity index (χ0v) is 11.6. The normalized spacial score (nSPS) is 23.0. The molecule has 1 aromatic carbocycles. The van der Waals surface area contributed by atoms with E-state index in [2.05, 4.69) is 5.32 Å². The molecule has 0 aromatic heterocycles. The lowest BCUT2D eigenvalue weighted by molar-refractivity contribution is -0.120. The maximum atomic E-state index is 12.0. The van der Waals surface area contributed by atoms with Gasteiger partial charge in [0.25, 0.3) is 0 Å². The number of carbonyl (C=O) groups excluding carboxylic acids is 1. The Labute approximate surface area is 118 Å². The predicted molar refractivity (Wildman–Crippen MR) is 77.3 cm³/mol. The maximum Gasteiger partial charge on any atom is 0.227 e. The van der Waals surface area contributed by atoms with Gasteiger partial charge in [0, 0.05) is 12.0 Å². The summed E-state index contributed by atoms with van der Waals surface area (Å²) in [5.41, 5.74) is 6.56. The van der Waals surface area contributed by atoms with Crippen molar-refractivity contribution in [3.63, 3.8) is 0 Å². The summed E-state index contributed by atoms with van der Waals surface area (Å²) in [6.07, 6.45) is 3.75. The number of para-hydroxylation sites is 1. The topological polar surface area (TPSA) is 55.1 Å². The van der Waals surface area contributed by atoms with Gasteiger partial charge in [0.1, 0.15) is 0 Å². The van der Waals surface area contributed by atoms with Crippen LogP contribution in [0.3, 0.4) is 0 Å². The first-order valence-corrected chi connectivity index (χ1v) is 6.35. The zero-order chi connectivity index (χ0) is 12.3. The molecule has 1 aromatic rings. The highest BCUT2D eigenvalue weighted by Crippen LogP contribution is 2.26. The van der Waals surface area contributed by atoms with E-state index in [1.165, 1.54) is 0 Å². The lowest BCUT2D eigenvalue weighted by Crippen LogP contribution is -2.34. The van der Waals surface area contributed by atoms with Crippen molar-refractivity contribution < 1.29 is 4.79 Å². The van der Waals surface area contributed by atoms with Gasteiger partial charge >= 0.3 is 0 Å². The van der Waals surface area contributed by atoms with E-state index in [0.29, 0.717) is 10.7 Å². The molecule has 0 radical (unpaired) electrons. The molecule has 1 aliphatic rings. The number of amides is 1. The molecule has 0 spiro atoms. The standard InChI is InChI=1S/C13H17ClN2O.ClH/c14-11-6-1-2-7-12(11)16-13(17)9-4-3-5-10(15)8-9;/h1-2,6-7,9-10H,3-5,8,15H2,(H,16,17);1H. The van der Waals surface area contributed by atoms with Crippen LogP contribution >= 0.6 is 24.0 Å². The number of carbonyl (C=O) groups is 1. The quantitative estimate of drug-likeness (QED) is 0.878. The maximum absolute atomic E-state index is 12.0. The third-order valence-corrected chi connectivity index (χ3v) is 3.55. The summed E-state index contributed by atoms with van der Waals surface area (Å²) in [7, 11) is 0. The molecule has 1 fully saturated rings. The molecule has 0 heterocycles. The number of rotatable bonds is 2. The van der Waals surface area contributed by atoms with Gasteiger partial charge in [-0.15, -0.1) is 12.4 Å². The third-order valence-electron chi connectivity index (χ3n) is 3.22. The van der Waals surface area contributed by atoms with Crippen molar-refractivity contribution in [3.05, 3.63) is 29.3 Å². The SMILES string of the molecule is Cl.NC1CCCC(C(=O)Nc2ccccc2Cl)C1. The van der Waals surface area contributed by atoms with Crippen LogP contribution in [0.1, 0.15) is 25.7 Å². The first-order chi connectivity index (χ1) is 8.16. The fourth-order valence-corrected chi connectivity index (χ4v) is 2.45. The van der Waals surface area contributed by atoms with Crippen LogP contribution in [0.15, 0.2) is 24.3 Å². The number of benzene rings is 1. The van der Waals surface area contributed by atoms with Crippen molar-refractivity contribution in [1.82, 2.24) is 0 Å². The summed E-state index contributed by atoms with van der Waals surface area (Å²) < 4.78 is 0. The molecular weight excluding hydrogens is 271 g/mol. The van der Waals surface area contributed by atoms with Crippen LogP contribution in [0.5, 0.6) is 0 Å². The van der Waals surface area contributed by atoms with E-state index in [1.54, 1.807) is 6.07 Å². The Morgan fingerprint density at radius 3 is 2.72 bits per heavy atom. The molecule has 2 rings (SSSR count). The smallest absolute Gasteiger partial charge is 0.227 e. The Morgan fingerprint density at radius 2 is 2.06 bits per heavy atom. The van der Waals surface area contributed by atoms with Crippen LogP contribution in [0, 0.1) is 5.92 Å². The highest BCUT2D eigenvalue weighted by atomic mass is 35.5. The van der Waals surface area contributed by atoms with Crippen LogP contribution in [-0.2, 0) is 4.79 Å². The first kappa shape index (κ1) is 15.3. The van der Waals surface area contributed by atoms with Gasteiger partial charge in [0.05, 0.1) is 10.7 Å². The number of hydrogen-bond donors (Lipinski definition) is 2. The summed E-state index contributed by atoms with van der Waals surface area (Å²) >= 11 is 6.00. The summed E-state index contributed by atoms with van der Waals surface area (Å²) in [5, 5.41) is 3.44. The van der Waals surface area contributed by atoms with E-state index < -0.39 is 0 Å². The van der Waals surface area contributed by atoms with Crippen molar-refractivity contribution in [3.8, 4) is 0 Å². The molecule has 0 saturated heterocycles. The molecule has 0 bridgehead atoms. The number of hydrogen-bond acceptors (Lipinski definition) is 2. The van der Waals surface area contributed by atoms with Gasteiger partial charge in [0.2, 0.25) is 5.91 Å². The number of nitrogens with two attached hydrogens (primary N) is 1. The summed E-state index contributed by atoms with van der Waals surface area (Å²) in [6.45, 7) is 0. The summed E-state index contributed by atoms with van der Waals surface area (Å²) in [6, 6.07) is 7.43. The van der Waals surface area contributed by atoms with Gasteiger partial charge in [-0.2, -0.15) is 0 Å². The van der Waals surface area contributed by atoms with Crippen molar-refractivity contribution >= 4 is 35.6 Å². The highest BCUT2D eigenvalue weighted by Gasteiger charge is 2.25. The fourth-order valence-electron chi connectivity index (χ4n) is 2.26. The molecule has 18 heavy (non-hydrogen) atoms. The van der Waals surface area contributed by atoms with Gasteiger partial charge < -0.3 is 11.1 Å². The van der Waals surface area contributed by atoms with Crippen LogP contribution in [0.4, 0.5) is 5.69 Å². The number of halogens is 2. The Balaban J connectivity index is 0.00000162. The second-order valence-corrected chi connectivity index (χ2v) is 5.00. The minimum Gasteiger partial charge on any atom is -0.328 e. The van der Waals surface area contributed by atoms with Gasteiger partial charge in [0.15, 0.2) is 0 Å². The van der Waals surface area contributed by atoms with E-state index in [0.717, 1.165) is 25.7 Å². The summed E-state index contributed by atoms with van der Waals surface area (Å²) in [4.78, 5) is 12.0. The molecule has 2 unspecified atom stereocenters. The van der Waals surface area contributed by atoms with Crippen LogP contribution in [0.2, 0.25) is 5.02 Å². The molecule has 1 aliphatic carbocycles. The van der Waals surface area contributed by atoms with Gasteiger partial charge in [-0.3, -0.25) is 4.79 Å². The highest BCUT2D eigenvalue weighted by molar-refractivity contribution is 6.33. The first-order valence-electron chi connectivity index (χ1n) is 5.98. The fraction of sp³-hybridized carbons (Fsp3) is 0.462. The van der Waals surface area contributed by atoms with E-state index in [-0.39, 0.29) is 30.3 Å². The Kier molecular flexibility index (Phi) is 5.93. The van der Waals surface area contributed by atoms with Gasteiger partial charge in [-0.25, -0.2) is 0 Å². The Bertz CT molecular complexity index is 412. The predicted octanol–water partition coefficient (Wildman–Crippen LogP) is 3.22. The second-order valence-electron chi connectivity index (χ2n) is 4.59. The zero-order valence-electron chi connectivity index (χ0n) is 10.1. The molecule has 5 heteroatoms. The molecular formula is C13H18Cl2N2O. The minimum atomic E-state index is 0. The van der Waals surface area contributed by atoms with Gasteiger partial charge in [-0.1, -0.05) is 30.2 Å². The van der Waals surface area contributed by atoms with E-state index in [1.807, 2.05) is 18.2 Å². The van der Waals surface area contributed by atoms with Crippen molar-refractivity contribution in [2.45, 2.75) is 31.7 Å².